The third-order valence-corrected chi connectivity index (χ3v) is 5.08. The predicted molar refractivity (Wildman–Crippen MR) is 114 cm³/mol. The van der Waals surface area contributed by atoms with Crippen LogP contribution in [0.3, 0.4) is 0 Å². The molecule has 0 saturated carbocycles. The first-order valence-corrected chi connectivity index (χ1v) is 9.83. The van der Waals surface area contributed by atoms with E-state index in [1.807, 2.05) is 31.2 Å². The van der Waals surface area contributed by atoms with Crippen LogP contribution in [0.2, 0.25) is 0 Å². The van der Waals surface area contributed by atoms with Crippen molar-refractivity contribution in [3.63, 3.8) is 0 Å². The Bertz CT molecular complexity index is 1260. The quantitative estimate of drug-likeness (QED) is 0.478. The van der Waals surface area contributed by atoms with Gasteiger partial charge < -0.3 is 19.9 Å². The molecule has 4 rings (SSSR count). The third-order valence-electron chi connectivity index (χ3n) is 5.08. The number of benzene rings is 3. The molecule has 0 amide bonds. The van der Waals surface area contributed by atoms with Crippen molar-refractivity contribution in [2.24, 2.45) is 5.73 Å². The Labute approximate surface area is 184 Å². The molecule has 6 nitrogen and oxygen atoms in total. The summed E-state index contributed by atoms with van der Waals surface area (Å²) in [5.74, 6) is -0.847. The summed E-state index contributed by atoms with van der Waals surface area (Å²) in [4.78, 5) is 12.2. The standard InChI is InChI=1S/C25H19FN2O4/c1-15-6-2-5-9-21(15)30-14-23(29)31-16-10-11-18-22(12-16)32-25(28)19(13-27)24(18)17-7-3-4-8-20(17)26/h2-12,24H,14,28H2,1H3. The molecule has 0 radical (unpaired) electrons. The van der Waals surface area contributed by atoms with E-state index in [0.29, 0.717) is 16.9 Å². The summed E-state index contributed by atoms with van der Waals surface area (Å²) in [5.41, 5.74) is 7.79. The summed E-state index contributed by atoms with van der Waals surface area (Å²) < 4.78 is 31.0. The molecule has 0 bridgehead atoms. The van der Waals surface area contributed by atoms with E-state index in [4.69, 9.17) is 19.9 Å². The number of rotatable bonds is 5. The van der Waals surface area contributed by atoms with Crippen molar-refractivity contribution >= 4 is 5.97 Å². The molecule has 7 heteroatoms. The number of aryl methyl sites for hydroxylation is 1. The highest BCUT2D eigenvalue weighted by molar-refractivity contribution is 5.74. The van der Waals surface area contributed by atoms with E-state index in [1.54, 1.807) is 36.4 Å². The lowest BCUT2D eigenvalue weighted by atomic mass is 9.83. The van der Waals surface area contributed by atoms with E-state index in [9.17, 15) is 14.4 Å². The molecular formula is C25H19FN2O4. The molecule has 0 saturated heterocycles. The summed E-state index contributed by atoms with van der Waals surface area (Å²) in [6.45, 7) is 1.60. The number of nitriles is 1. The van der Waals surface area contributed by atoms with Gasteiger partial charge in [-0.15, -0.1) is 0 Å². The summed E-state index contributed by atoms with van der Waals surface area (Å²) in [5, 5.41) is 9.58. The lowest BCUT2D eigenvalue weighted by Crippen LogP contribution is -2.22. The second-order valence-corrected chi connectivity index (χ2v) is 7.17. The third kappa shape index (κ3) is 4.12. The molecule has 1 heterocycles. The first-order chi connectivity index (χ1) is 15.5. The van der Waals surface area contributed by atoms with E-state index in [-0.39, 0.29) is 29.6 Å². The minimum Gasteiger partial charge on any atom is -0.482 e. The molecule has 32 heavy (non-hydrogen) atoms. The number of carbonyl (C=O) groups excluding carboxylic acids is 1. The zero-order chi connectivity index (χ0) is 22.7. The normalized spacial score (nSPS) is 14.7. The average molecular weight is 430 g/mol. The van der Waals surface area contributed by atoms with Gasteiger partial charge in [-0.2, -0.15) is 5.26 Å². The molecule has 2 N–H and O–H groups in total. The van der Waals surface area contributed by atoms with Crippen molar-refractivity contribution in [1.29, 1.82) is 5.26 Å². The largest absolute Gasteiger partial charge is 0.482 e. The predicted octanol–water partition coefficient (Wildman–Crippen LogP) is 4.34. The second-order valence-electron chi connectivity index (χ2n) is 7.17. The van der Waals surface area contributed by atoms with Crippen LogP contribution in [0.4, 0.5) is 4.39 Å². The topological polar surface area (TPSA) is 94.6 Å². The van der Waals surface area contributed by atoms with Crippen molar-refractivity contribution < 1.29 is 23.4 Å². The van der Waals surface area contributed by atoms with Crippen LogP contribution in [-0.4, -0.2) is 12.6 Å². The number of nitrogens with zero attached hydrogens (tertiary/aromatic N) is 1. The van der Waals surface area contributed by atoms with Gasteiger partial charge in [0.2, 0.25) is 5.88 Å². The number of hydrogen-bond donors (Lipinski definition) is 1. The van der Waals surface area contributed by atoms with Crippen LogP contribution in [0.25, 0.3) is 0 Å². The Balaban J connectivity index is 1.57. The fraction of sp³-hybridized carbons (Fsp3) is 0.120. The first-order valence-electron chi connectivity index (χ1n) is 9.83. The summed E-state index contributed by atoms with van der Waals surface area (Å²) in [7, 11) is 0. The summed E-state index contributed by atoms with van der Waals surface area (Å²) >= 11 is 0. The van der Waals surface area contributed by atoms with Crippen molar-refractivity contribution in [3.05, 3.63) is 101 Å². The molecule has 3 aromatic carbocycles. The van der Waals surface area contributed by atoms with Gasteiger partial charge in [-0.05, 0) is 30.7 Å². The number of carbonyl (C=O) groups is 1. The zero-order valence-corrected chi connectivity index (χ0v) is 17.2. The zero-order valence-electron chi connectivity index (χ0n) is 17.2. The van der Waals surface area contributed by atoms with Crippen molar-refractivity contribution in [2.75, 3.05) is 6.61 Å². The molecule has 160 valence electrons. The molecule has 0 aliphatic carbocycles. The molecule has 1 aliphatic rings. The first kappa shape index (κ1) is 20.9. The second kappa shape index (κ2) is 8.82. The smallest absolute Gasteiger partial charge is 0.349 e. The van der Waals surface area contributed by atoms with Crippen LogP contribution < -0.4 is 19.9 Å². The number of halogens is 1. The van der Waals surface area contributed by atoms with Crippen LogP contribution >= 0.6 is 0 Å². The molecule has 1 aliphatic heterocycles. The SMILES string of the molecule is Cc1ccccc1OCC(=O)Oc1ccc2c(c1)OC(N)=C(C#N)C2c1ccccc1F. The number of allylic oxidation sites excluding steroid dienone is 1. The van der Waals surface area contributed by atoms with Crippen molar-refractivity contribution in [1.82, 2.24) is 0 Å². The fourth-order valence-electron chi connectivity index (χ4n) is 3.54. The van der Waals surface area contributed by atoms with Gasteiger partial charge in [-0.3, -0.25) is 0 Å². The monoisotopic (exact) mass is 430 g/mol. The van der Waals surface area contributed by atoms with Gasteiger partial charge >= 0.3 is 5.97 Å². The maximum atomic E-state index is 14.5. The molecule has 1 atom stereocenters. The maximum absolute atomic E-state index is 14.5. The Hall–Kier alpha value is -4.31. The molecule has 0 fully saturated rings. The highest BCUT2D eigenvalue weighted by Gasteiger charge is 2.32. The van der Waals surface area contributed by atoms with Gasteiger partial charge in [0.25, 0.3) is 0 Å². The van der Waals surface area contributed by atoms with E-state index < -0.39 is 17.7 Å². The number of ether oxygens (including phenoxy) is 3. The Morgan fingerprint density at radius 1 is 1.12 bits per heavy atom. The van der Waals surface area contributed by atoms with E-state index in [1.165, 1.54) is 12.1 Å². The van der Waals surface area contributed by atoms with Crippen LogP contribution in [-0.2, 0) is 4.79 Å². The van der Waals surface area contributed by atoms with Crippen LogP contribution in [0.5, 0.6) is 17.2 Å². The number of para-hydroxylation sites is 1. The molecule has 0 spiro atoms. The highest BCUT2D eigenvalue weighted by Crippen LogP contribution is 2.44. The number of hydrogen-bond acceptors (Lipinski definition) is 6. The molecule has 0 aromatic heterocycles. The van der Waals surface area contributed by atoms with E-state index in [0.717, 1.165) is 5.56 Å². The van der Waals surface area contributed by atoms with Crippen molar-refractivity contribution in [3.8, 4) is 23.3 Å². The summed E-state index contributed by atoms with van der Waals surface area (Å²) in [6.07, 6.45) is 0. The summed E-state index contributed by atoms with van der Waals surface area (Å²) in [6, 6.07) is 20.2. The Kier molecular flexibility index (Phi) is 5.77. The molecule has 3 aromatic rings. The Morgan fingerprint density at radius 3 is 2.62 bits per heavy atom. The maximum Gasteiger partial charge on any atom is 0.349 e. The fourth-order valence-corrected chi connectivity index (χ4v) is 3.54. The van der Waals surface area contributed by atoms with E-state index in [2.05, 4.69) is 0 Å². The van der Waals surface area contributed by atoms with Crippen molar-refractivity contribution in [2.45, 2.75) is 12.8 Å². The number of nitrogens with two attached hydrogens (primary N) is 1. The van der Waals surface area contributed by atoms with Gasteiger partial charge in [0, 0.05) is 17.2 Å². The minimum absolute atomic E-state index is 0.110. The van der Waals surface area contributed by atoms with Gasteiger partial charge in [0.1, 0.15) is 34.7 Å². The van der Waals surface area contributed by atoms with Crippen LogP contribution in [0.1, 0.15) is 22.6 Å². The minimum atomic E-state index is -0.737. The Morgan fingerprint density at radius 2 is 1.88 bits per heavy atom. The van der Waals surface area contributed by atoms with Crippen LogP contribution in [0, 0.1) is 24.1 Å². The van der Waals surface area contributed by atoms with Gasteiger partial charge in [-0.25, -0.2) is 9.18 Å². The highest BCUT2D eigenvalue weighted by atomic mass is 19.1. The lowest BCUT2D eigenvalue weighted by Gasteiger charge is -2.27. The average Bonchev–Trinajstić information content (AvgIpc) is 2.78. The van der Waals surface area contributed by atoms with E-state index >= 15 is 0 Å². The lowest BCUT2D eigenvalue weighted by molar-refractivity contribution is -0.136. The molecular weight excluding hydrogens is 411 g/mol. The number of esters is 1. The van der Waals surface area contributed by atoms with Crippen LogP contribution in [0.15, 0.2) is 78.2 Å². The molecule has 1 unspecified atom stereocenters. The van der Waals surface area contributed by atoms with Gasteiger partial charge in [0.15, 0.2) is 6.61 Å². The number of fused-ring (bicyclic) bond motifs is 1. The van der Waals surface area contributed by atoms with Gasteiger partial charge in [-0.1, -0.05) is 42.5 Å². The van der Waals surface area contributed by atoms with Gasteiger partial charge in [0.05, 0.1) is 5.92 Å².